The van der Waals surface area contributed by atoms with E-state index in [-0.39, 0.29) is 22.9 Å². The number of aryl methyl sites for hydroxylation is 1. The number of esters is 1. The van der Waals surface area contributed by atoms with Crippen LogP contribution in [0.5, 0.6) is 0 Å². The predicted molar refractivity (Wildman–Crippen MR) is 121 cm³/mol. The lowest BCUT2D eigenvalue weighted by molar-refractivity contribution is -0.159. The quantitative estimate of drug-likeness (QED) is 0.556. The van der Waals surface area contributed by atoms with E-state index in [4.69, 9.17) is 4.74 Å². The van der Waals surface area contributed by atoms with E-state index in [0.29, 0.717) is 36.4 Å². The van der Waals surface area contributed by atoms with Gasteiger partial charge in [-0.15, -0.1) is 0 Å². The number of rotatable bonds is 4. The number of hydrogen-bond acceptors (Lipinski definition) is 3. The van der Waals surface area contributed by atoms with Gasteiger partial charge >= 0.3 is 5.97 Å². The van der Waals surface area contributed by atoms with Crippen molar-refractivity contribution in [3.05, 3.63) is 47.5 Å². The molecule has 0 bridgehead atoms. The Labute approximate surface area is 186 Å². The molecule has 3 saturated carbocycles. The Morgan fingerprint density at radius 2 is 1.81 bits per heavy atom. The molecule has 4 aliphatic carbocycles. The minimum Gasteiger partial charge on any atom is -0.462 e. The lowest BCUT2D eigenvalue weighted by Crippen LogP contribution is -2.51. The third-order valence-electron chi connectivity index (χ3n) is 9.61. The van der Waals surface area contributed by atoms with Crippen molar-refractivity contribution in [2.45, 2.75) is 84.2 Å². The molecule has 1 aromatic rings. The highest BCUT2D eigenvalue weighted by Gasteiger charge is 2.59. The SMILES string of the molecule is C[C@]12CC[C@@H]3[C@@H](CCC4=CC(=O)CC[C@@]43C)[C@@H]1CC[C@@H]2OC(=O)CCc1ccccc1. The van der Waals surface area contributed by atoms with Crippen LogP contribution in [-0.4, -0.2) is 17.9 Å². The standard InChI is InChI=1S/C28H36O3/c1-27-16-14-21(29)18-20(27)9-10-22-23-11-12-25(28(23,2)17-15-24(22)27)31-26(30)13-8-19-6-4-3-5-7-19/h3-7,18,22-25H,8-17H2,1-2H3/t22-,23-,24+,25-,27-,28-/m0/s1. The zero-order chi connectivity index (χ0) is 21.6. The van der Waals surface area contributed by atoms with Crippen LogP contribution in [0, 0.1) is 28.6 Å². The van der Waals surface area contributed by atoms with Crippen molar-refractivity contribution in [1.29, 1.82) is 0 Å². The molecule has 0 spiro atoms. The van der Waals surface area contributed by atoms with Crippen LogP contribution in [0.4, 0.5) is 0 Å². The highest BCUT2D eigenvalue weighted by atomic mass is 16.5. The van der Waals surface area contributed by atoms with Crippen molar-refractivity contribution < 1.29 is 14.3 Å². The van der Waals surface area contributed by atoms with E-state index in [1.165, 1.54) is 30.4 Å². The van der Waals surface area contributed by atoms with Gasteiger partial charge in [-0.3, -0.25) is 9.59 Å². The van der Waals surface area contributed by atoms with Gasteiger partial charge in [-0.05, 0) is 86.2 Å². The molecule has 0 unspecified atom stereocenters. The van der Waals surface area contributed by atoms with E-state index in [0.717, 1.165) is 32.1 Å². The maximum Gasteiger partial charge on any atom is 0.306 e. The number of hydrogen-bond donors (Lipinski definition) is 0. The van der Waals surface area contributed by atoms with Crippen molar-refractivity contribution in [1.82, 2.24) is 0 Å². The summed E-state index contributed by atoms with van der Waals surface area (Å²) in [5, 5.41) is 0. The summed E-state index contributed by atoms with van der Waals surface area (Å²) in [7, 11) is 0. The number of ketones is 1. The van der Waals surface area contributed by atoms with Crippen LogP contribution in [0.1, 0.15) is 77.2 Å². The second kappa shape index (κ2) is 7.90. The van der Waals surface area contributed by atoms with Crippen molar-refractivity contribution in [3.8, 4) is 0 Å². The zero-order valence-electron chi connectivity index (χ0n) is 19.1. The Morgan fingerprint density at radius 1 is 1.00 bits per heavy atom. The fraction of sp³-hybridized carbons (Fsp3) is 0.643. The molecule has 0 aliphatic heterocycles. The van der Waals surface area contributed by atoms with E-state index in [2.05, 4.69) is 26.0 Å². The average Bonchev–Trinajstić information content (AvgIpc) is 3.10. The number of carbonyl (C=O) groups excluding carboxylic acids is 2. The number of benzene rings is 1. The first-order valence-electron chi connectivity index (χ1n) is 12.4. The normalized spacial score (nSPS) is 39.2. The van der Waals surface area contributed by atoms with Gasteiger partial charge in [0.05, 0.1) is 0 Å². The maximum atomic E-state index is 12.7. The molecule has 4 aliphatic rings. The molecule has 0 heterocycles. The highest BCUT2D eigenvalue weighted by molar-refractivity contribution is 5.91. The van der Waals surface area contributed by atoms with Crippen molar-refractivity contribution in [2.75, 3.05) is 0 Å². The molecular weight excluding hydrogens is 384 g/mol. The molecule has 3 nitrogen and oxygen atoms in total. The van der Waals surface area contributed by atoms with Crippen LogP contribution in [0.15, 0.2) is 42.0 Å². The van der Waals surface area contributed by atoms with Gasteiger partial charge in [0.2, 0.25) is 0 Å². The van der Waals surface area contributed by atoms with E-state index in [1.54, 1.807) is 0 Å². The van der Waals surface area contributed by atoms with Gasteiger partial charge in [0.15, 0.2) is 5.78 Å². The summed E-state index contributed by atoms with van der Waals surface area (Å²) in [5.41, 5.74) is 2.95. The summed E-state index contributed by atoms with van der Waals surface area (Å²) < 4.78 is 6.14. The van der Waals surface area contributed by atoms with Crippen LogP contribution < -0.4 is 0 Å². The first kappa shape index (κ1) is 21.0. The molecule has 5 rings (SSSR count). The van der Waals surface area contributed by atoms with Crippen LogP contribution >= 0.6 is 0 Å². The Balaban J connectivity index is 1.26. The molecule has 3 heteroatoms. The first-order chi connectivity index (χ1) is 14.9. The summed E-state index contributed by atoms with van der Waals surface area (Å²) in [6, 6.07) is 10.2. The lowest BCUT2D eigenvalue weighted by Gasteiger charge is -2.57. The molecule has 0 radical (unpaired) electrons. The van der Waals surface area contributed by atoms with Crippen molar-refractivity contribution in [2.24, 2.45) is 28.6 Å². The maximum absolute atomic E-state index is 12.7. The van der Waals surface area contributed by atoms with E-state index >= 15 is 0 Å². The fourth-order valence-electron chi connectivity index (χ4n) is 7.81. The predicted octanol–water partition coefficient (Wildman–Crippen LogP) is 6.06. The van der Waals surface area contributed by atoms with Crippen LogP contribution in [0.2, 0.25) is 0 Å². The molecule has 0 N–H and O–H groups in total. The number of ether oxygens (including phenoxy) is 1. The first-order valence-corrected chi connectivity index (χ1v) is 12.4. The Morgan fingerprint density at radius 3 is 2.61 bits per heavy atom. The van der Waals surface area contributed by atoms with Gasteiger partial charge in [0.25, 0.3) is 0 Å². The monoisotopic (exact) mass is 420 g/mol. The number of carbonyl (C=O) groups is 2. The largest absolute Gasteiger partial charge is 0.462 e. The molecule has 0 aromatic heterocycles. The van der Waals surface area contributed by atoms with Gasteiger partial charge in [0.1, 0.15) is 6.10 Å². The lowest BCUT2D eigenvalue weighted by atomic mass is 9.47. The van der Waals surface area contributed by atoms with Gasteiger partial charge in [-0.25, -0.2) is 0 Å². The van der Waals surface area contributed by atoms with E-state index in [9.17, 15) is 9.59 Å². The summed E-state index contributed by atoms with van der Waals surface area (Å²) in [4.78, 5) is 24.7. The minimum atomic E-state index is -0.0375. The Kier molecular flexibility index (Phi) is 5.35. The van der Waals surface area contributed by atoms with Crippen LogP contribution in [0.25, 0.3) is 0 Å². The van der Waals surface area contributed by atoms with Crippen molar-refractivity contribution >= 4 is 11.8 Å². The highest BCUT2D eigenvalue weighted by Crippen LogP contribution is 2.65. The molecule has 6 atom stereocenters. The molecule has 0 amide bonds. The molecule has 3 fully saturated rings. The topological polar surface area (TPSA) is 43.4 Å². The molecule has 1 aromatic carbocycles. The third-order valence-corrected chi connectivity index (χ3v) is 9.61. The molecule has 0 saturated heterocycles. The molecular formula is C28H36O3. The fourth-order valence-corrected chi connectivity index (χ4v) is 7.81. The summed E-state index contributed by atoms with van der Waals surface area (Å²) in [6.45, 7) is 4.83. The second-order valence-corrected chi connectivity index (χ2v) is 11.1. The van der Waals surface area contributed by atoms with Crippen molar-refractivity contribution in [3.63, 3.8) is 0 Å². The average molecular weight is 421 g/mol. The smallest absolute Gasteiger partial charge is 0.306 e. The van der Waals surface area contributed by atoms with Crippen LogP contribution in [-0.2, 0) is 20.7 Å². The summed E-state index contributed by atoms with van der Waals surface area (Å²) in [6.07, 6.45) is 11.8. The number of fused-ring (bicyclic) bond motifs is 5. The third kappa shape index (κ3) is 3.58. The summed E-state index contributed by atoms with van der Waals surface area (Å²) in [5.74, 6) is 2.34. The Bertz CT molecular complexity index is 887. The molecule has 166 valence electrons. The number of allylic oxidation sites excluding steroid dienone is 1. The second-order valence-electron chi connectivity index (χ2n) is 11.1. The molecule has 31 heavy (non-hydrogen) atoms. The van der Waals surface area contributed by atoms with E-state index in [1.807, 2.05) is 24.3 Å². The van der Waals surface area contributed by atoms with Gasteiger partial charge in [-0.1, -0.05) is 49.8 Å². The minimum absolute atomic E-state index is 0.0375. The van der Waals surface area contributed by atoms with Gasteiger partial charge in [0, 0.05) is 18.3 Å². The Hall–Kier alpha value is -1.90. The van der Waals surface area contributed by atoms with Crippen LogP contribution in [0.3, 0.4) is 0 Å². The van der Waals surface area contributed by atoms with E-state index < -0.39 is 0 Å². The zero-order valence-corrected chi connectivity index (χ0v) is 19.1. The van der Waals surface area contributed by atoms with Gasteiger partial charge < -0.3 is 4.74 Å². The van der Waals surface area contributed by atoms with Gasteiger partial charge in [-0.2, -0.15) is 0 Å². The summed E-state index contributed by atoms with van der Waals surface area (Å²) >= 11 is 0.